The molecule has 1 heterocycles. The van der Waals surface area contributed by atoms with Crippen molar-refractivity contribution in [2.75, 3.05) is 18.1 Å². The predicted octanol–water partition coefficient (Wildman–Crippen LogP) is 2.62. The van der Waals surface area contributed by atoms with Crippen LogP contribution in [0.25, 0.3) is 0 Å². The van der Waals surface area contributed by atoms with Crippen molar-refractivity contribution in [3.63, 3.8) is 0 Å². The van der Waals surface area contributed by atoms with Crippen molar-refractivity contribution in [1.82, 2.24) is 0 Å². The van der Waals surface area contributed by atoms with E-state index in [0.717, 1.165) is 32.2 Å². The van der Waals surface area contributed by atoms with Gasteiger partial charge in [0.25, 0.3) is 0 Å². The number of aliphatic hydroxyl groups is 2. The van der Waals surface area contributed by atoms with Crippen molar-refractivity contribution >= 4 is 5.69 Å². The van der Waals surface area contributed by atoms with Crippen LogP contribution in [0.5, 0.6) is 0 Å². The number of aliphatic hydroxyl groups excluding tert-OH is 2. The molecule has 4 heteroatoms. The minimum atomic E-state index is -0.646. The summed E-state index contributed by atoms with van der Waals surface area (Å²) in [4.78, 5) is 2.09. The first-order chi connectivity index (χ1) is 9.13. The Kier molecular flexibility index (Phi) is 4.77. The summed E-state index contributed by atoms with van der Waals surface area (Å²) in [5, 5.41) is 18.4. The summed E-state index contributed by atoms with van der Waals surface area (Å²) in [6.45, 7) is 2.68. The lowest BCUT2D eigenvalue weighted by molar-refractivity contribution is 0.199. The van der Waals surface area contributed by atoms with Crippen LogP contribution in [0.4, 0.5) is 10.1 Å². The van der Waals surface area contributed by atoms with Gasteiger partial charge in [-0.2, -0.15) is 0 Å². The SMILES string of the molecule is C[C@H](O)c1ccc(N2CCCC2CCCO)c(F)c1. The highest BCUT2D eigenvalue weighted by Gasteiger charge is 2.26. The van der Waals surface area contributed by atoms with Gasteiger partial charge >= 0.3 is 0 Å². The molecule has 0 amide bonds. The minimum Gasteiger partial charge on any atom is -0.396 e. The third kappa shape index (κ3) is 3.25. The zero-order valence-corrected chi connectivity index (χ0v) is 11.3. The molecular weight excluding hydrogens is 245 g/mol. The summed E-state index contributed by atoms with van der Waals surface area (Å²) in [7, 11) is 0. The Balaban J connectivity index is 2.16. The highest BCUT2D eigenvalue weighted by molar-refractivity contribution is 5.51. The molecule has 1 unspecified atom stereocenters. The molecule has 2 N–H and O–H groups in total. The maximum Gasteiger partial charge on any atom is 0.146 e. The number of nitrogens with zero attached hydrogens (tertiary/aromatic N) is 1. The number of benzene rings is 1. The Bertz CT molecular complexity index is 423. The van der Waals surface area contributed by atoms with E-state index in [1.807, 2.05) is 0 Å². The van der Waals surface area contributed by atoms with Crippen molar-refractivity contribution in [1.29, 1.82) is 0 Å². The second kappa shape index (κ2) is 6.35. The van der Waals surface area contributed by atoms with Crippen LogP contribution in [0, 0.1) is 5.82 Å². The molecule has 2 rings (SSSR count). The van der Waals surface area contributed by atoms with Crippen molar-refractivity contribution in [2.24, 2.45) is 0 Å². The first-order valence-electron chi connectivity index (χ1n) is 6.98. The van der Waals surface area contributed by atoms with Gasteiger partial charge in [-0.15, -0.1) is 0 Å². The lowest BCUT2D eigenvalue weighted by atomic mass is 10.1. The van der Waals surface area contributed by atoms with Crippen LogP contribution in [0.3, 0.4) is 0 Å². The third-order valence-corrected chi connectivity index (χ3v) is 3.84. The van der Waals surface area contributed by atoms with Gasteiger partial charge in [0.15, 0.2) is 0 Å². The quantitative estimate of drug-likeness (QED) is 0.862. The van der Waals surface area contributed by atoms with Gasteiger partial charge in [-0.1, -0.05) is 6.07 Å². The third-order valence-electron chi connectivity index (χ3n) is 3.84. The van der Waals surface area contributed by atoms with E-state index in [-0.39, 0.29) is 12.4 Å². The lowest BCUT2D eigenvalue weighted by Gasteiger charge is -2.27. The molecular formula is C15H22FNO2. The molecule has 1 saturated heterocycles. The molecule has 2 atom stereocenters. The Labute approximate surface area is 113 Å². The van der Waals surface area contributed by atoms with E-state index in [2.05, 4.69) is 4.90 Å². The van der Waals surface area contributed by atoms with E-state index in [0.29, 0.717) is 17.3 Å². The number of anilines is 1. The van der Waals surface area contributed by atoms with Gasteiger partial charge in [0.05, 0.1) is 11.8 Å². The number of rotatable bonds is 5. The number of hydrogen-bond donors (Lipinski definition) is 2. The Morgan fingerprint density at radius 2 is 2.26 bits per heavy atom. The summed E-state index contributed by atoms with van der Waals surface area (Å²) in [5.41, 5.74) is 1.22. The van der Waals surface area contributed by atoms with Crippen molar-refractivity contribution in [3.05, 3.63) is 29.6 Å². The van der Waals surface area contributed by atoms with Gasteiger partial charge in [-0.3, -0.25) is 0 Å². The van der Waals surface area contributed by atoms with Crippen LogP contribution < -0.4 is 4.90 Å². The molecule has 1 aromatic rings. The van der Waals surface area contributed by atoms with Gasteiger partial charge in [0.2, 0.25) is 0 Å². The number of hydrogen-bond acceptors (Lipinski definition) is 3. The molecule has 0 radical (unpaired) electrons. The maximum atomic E-state index is 14.2. The molecule has 19 heavy (non-hydrogen) atoms. The van der Waals surface area contributed by atoms with Gasteiger partial charge in [-0.05, 0) is 50.3 Å². The van der Waals surface area contributed by atoms with Gasteiger partial charge < -0.3 is 15.1 Å². The van der Waals surface area contributed by atoms with E-state index >= 15 is 0 Å². The van der Waals surface area contributed by atoms with E-state index in [1.54, 1.807) is 19.1 Å². The van der Waals surface area contributed by atoms with Gasteiger partial charge in [-0.25, -0.2) is 4.39 Å². The van der Waals surface area contributed by atoms with Crippen molar-refractivity contribution < 1.29 is 14.6 Å². The monoisotopic (exact) mass is 267 g/mol. The molecule has 1 fully saturated rings. The molecule has 1 aliphatic rings. The number of halogens is 1. The average Bonchev–Trinajstić information content (AvgIpc) is 2.84. The fraction of sp³-hybridized carbons (Fsp3) is 0.600. The van der Waals surface area contributed by atoms with Crippen LogP contribution in [-0.4, -0.2) is 29.4 Å². The highest BCUT2D eigenvalue weighted by atomic mass is 19.1. The van der Waals surface area contributed by atoms with Crippen LogP contribution >= 0.6 is 0 Å². The topological polar surface area (TPSA) is 43.7 Å². The summed E-state index contributed by atoms with van der Waals surface area (Å²) < 4.78 is 14.2. The maximum absolute atomic E-state index is 14.2. The molecule has 106 valence electrons. The first kappa shape index (κ1) is 14.3. The second-order valence-electron chi connectivity index (χ2n) is 5.24. The molecule has 0 saturated carbocycles. The Hall–Kier alpha value is -1.13. The smallest absolute Gasteiger partial charge is 0.146 e. The zero-order valence-electron chi connectivity index (χ0n) is 11.3. The molecule has 0 bridgehead atoms. The minimum absolute atomic E-state index is 0.188. The lowest BCUT2D eigenvalue weighted by Crippen LogP contribution is -2.30. The fourth-order valence-electron chi connectivity index (χ4n) is 2.80. The molecule has 1 aliphatic heterocycles. The largest absolute Gasteiger partial charge is 0.396 e. The predicted molar refractivity (Wildman–Crippen MR) is 73.7 cm³/mol. The standard InChI is InChI=1S/C15H22FNO2/c1-11(19)12-6-7-15(14(16)10-12)17-8-2-4-13(17)5-3-9-18/h6-7,10-11,13,18-19H,2-5,8-9H2,1H3/t11-,13?/m0/s1. The summed E-state index contributed by atoms with van der Waals surface area (Å²) in [6, 6.07) is 5.28. The Morgan fingerprint density at radius 3 is 2.89 bits per heavy atom. The van der Waals surface area contributed by atoms with Crippen LogP contribution in [0.1, 0.15) is 44.3 Å². The van der Waals surface area contributed by atoms with Crippen molar-refractivity contribution in [3.8, 4) is 0 Å². The van der Waals surface area contributed by atoms with Gasteiger partial charge in [0, 0.05) is 19.2 Å². The molecule has 0 aromatic heterocycles. The van der Waals surface area contributed by atoms with E-state index < -0.39 is 6.10 Å². The molecule has 0 aliphatic carbocycles. The molecule has 3 nitrogen and oxygen atoms in total. The summed E-state index contributed by atoms with van der Waals surface area (Å²) in [6.07, 6.45) is 3.13. The first-order valence-corrected chi connectivity index (χ1v) is 6.98. The zero-order chi connectivity index (χ0) is 13.8. The van der Waals surface area contributed by atoms with Gasteiger partial charge in [0.1, 0.15) is 5.82 Å². The molecule has 0 spiro atoms. The summed E-state index contributed by atoms with van der Waals surface area (Å²) in [5.74, 6) is -0.269. The van der Waals surface area contributed by atoms with Crippen molar-refractivity contribution in [2.45, 2.75) is 44.8 Å². The Morgan fingerprint density at radius 1 is 1.47 bits per heavy atom. The second-order valence-corrected chi connectivity index (χ2v) is 5.24. The van der Waals surface area contributed by atoms with E-state index in [9.17, 15) is 9.50 Å². The van der Waals surface area contributed by atoms with E-state index in [4.69, 9.17) is 5.11 Å². The molecule has 1 aromatic carbocycles. The fourth-order valence-corrected chi connectivity index (χ4v) is 2.80. The van der Waals surface area contributed by atoms with Crippen LogP contribution in [0.2, 0.25) is 0 Å². The van der Waals surface area contributed by atoms with Crippen LogP contribution in [-0.2, 0) is 0 Å². The summed E-state index contributed by atoms with van der Waals surface area (Å²) >= 11 is 0. The highest BCUT2D eigenvalue weighted by Crippen LogP contribution is 2.31. The van der Waals surface area contributed by atoms with E-state index in [1.165, 1.54) is 6.07 Å². The normalized spacial score (nSPS) is 20.8. The van der Waals surface area contributed by atoms with Crippen LogP contribution in [0.15, 0.2) is 18.2 Å². The average molecular weight is 267 g/mol.